The highest BCUT2D eigenvalue weighted by Gasteiger charge is 2.09. The minimum atomic E-state index is -0.985. The first kappa shape index (κ1) is 16.4. The van der Waals surface area contributed by atoms with Crippen LogP contribution in [0.3, 0.4) is 0 Å². The molecule has 1 rings (SSSR count). The van der Waals surface area contributed by atoms with E-state index in [0.29, 0.717) is 18.4 Å². The molecule has 0 aliphatic carbocycles. The van der Waals surface area contributed by atoms with Gasteiger partial charge in [-0.05, 0) is 31.4 Å². The van der Waals surface area contributed by atoms with Gasteiger partial charge in [0.2, 0.25) is 0 Å². The first-order chi connectivity index (χ1) is 9.50. The number of aromatic hydroxyl groups is 1. The summed E-state index contributed by atoms with van der Waals surface area (Å²) in [4.78, 5) is 10.3. The average Bonchev–Trinajstić information content (AvgIpc) is 2.37. The van der Waals surface area contributed by atoms with Crippen LogP contribution in [0.15, 0.2) is 18.2 Å². The molecule has 1 atom stereocenters. The molecule has 0 aromatic heterocycles. The number of phenolic OH excluding ortho intramolecular Hbond substituents is 1. The van der Waals surface area contributed by atoms with E-state index >= 15 is 0 Å². The molecule has 0 heterocycles. The number of rotatable bonds is 9. The summed E-state index contributed by atoms with van der Waals surface area (Å²) in [6, 6.07) is 4.28. The zero-order valence-electron chi connectivity index (χ0n) is 11.3. The molecular formula is C14H21NO5. The van der Waals surface area contributed by atoms with Gasteiger partial charge >= 0.3 is 5.97 Å². The van der Waals surface area contributed by atoms with Gasteiger partial charge in [-0.2, -0.15) is 5.23 Å². The van der Waals surface area contributed by atoms with Gasteiger partial charge in [-0.15, -0.1) is 0 Å². The number of unbranched alkanes of at least 4 members (excludes halogenated alkanes) is 4. The number of nitrogens with one attached hydrogen (secondary N) is 1. The van der Waals surface area contributed by atoms with Crippen LogP contribution < -0.4 is 5.23 Å². The van der Waals surface area contributed by atoms with Gasteiger partial charge < -0.3 is 15.4 Å². The van der Waals surface area contributed by atoms with Crippen molar-refractivity contribution >= 4 is 11.7 Å². The molecule has 0 bridgehead atoms. The number of carbonyl (C=O) groups is 1. The largest absolute Gasteiger partial charge is 0.595 e. The highest BCUT2D eigenvalue weighted by molar-refractivity contribution is 5.66. The average molecular weight is 283 g/mol. The maximum atomic E-state index is 11.0. The third kappa shape index (κ3) is 6.01. The van der Waals surface area contributed by atoms with Crippen LogP contribution in [0.4, 0.5) is 5.69 Å². The predicted molar refractivity (Wildman–Crippen MR) is 72.9 cm³/mol. The Morgan fingerprint density at radius 2 is 1.80 bits per heavy atom. The normalized spacial score (nSPS) is 12.3. The van der Waals surface area contributed by atoms with E-state index < -0.39 is 11.2 Å². The van der Waals surface area contributed by atoms with Gasteiger partial charge in [-0.3, -0.25) is 4.79 Å². The minimum Gasteiger partial charge on any atom is -0.595 e. The Kier molecular flexibility index (Phi) is 7.00. The molecule has 0 saturated carbocycles. The number of quaternary nitrogens is 1. The summed E-state index contributed by atoms with van der Waals surface area (Å²) < 4.78 is 0. The van der Waals surface area contributed by atoms with E-state index in [2.05, 4.69) is 0 Å². The van der Waals surface area contributed by atoms with Crippen LogP contribution in [-0.4, -0.2) is 21.4 Å². The molecule has 20 heavy (non-hydrogen) atoms. The summed E-state index contributed by atoms with van der Waals surface area (Å²) in [5.74, 6) is -0.692. The Bertz CT molecular complexity index is 434. The lowest BCUT2D eigenvalue weighted by Crippen LogP contribution is -2.99. The van der Waals surface area contributed by atoms with Crippen molar-refractivity contribution in [2.45, 2.75) is 44.9 Å². The molecule has 6 heteroatoms. The maximum Gasteiger partial charge on any atom is 0.303 e. The van der Waals surface area contributed by atoms with E-state index in [1.165, 1.54) is 18.2 Å². The summed E-state index contributed by atoms with van der Waals surface area (Å²) in [6.07, 6.45) is 5.06. The lowest BCUT2D eigenvalue weighted by atomic mass is 10.0. The highest BCUT2D eigenvalue weighted by Crippen LogP contribution is 2.20. The lowest BCUT2D eigenvalue weighted by molar-refractivity contribution is -0.991. The molecule has 0 saturated heterocycles. The van der Waals surface area contributed by atoms with Gasteiger partial charge in [0.15, 0.2) is 5.69 Å². The molecular weight excluding hydrogens is 262 g/mol. The summed E-state index contributed by atoms with van der Waals surface area (Å²) in [5, 5.41) is 37.0. The van der Waals surface area contributed by atoms with E-state index in [9.17, 15) is 15.1 Å². The Labute approximate surface area is 117 Å². The molecule has 1 aromatic carbocycles. The quantitative estimate of drug-likeness (QED) is 0.314. The molecule has 1 aromatic rings. The first-order valence-corrected chi connectivity index (χ1v) is 6.77. The van der Waals surface area contributed by atoms with Crippen molar-refractivity contribution < 1.29 is 25.4 Å². The Hall–Kier alpha value is -1.63. The Balaban J connectivity index is 2.31. The van der Waals surface area contributed by atoms with Crippen LogP contribution in [0.25, 0.3) is 0 Å². The number of aryl methyl sites for hydroxylation is 1. The van der Waals surface area contributed by atoms with Gasteiger partial charge in [0.05, 0.1) is 0 Å². The number of aliphatic carboxylic acids is 1. The molecule has 0 amide bonds. The summed E-state index contributed by atoms with van der Waals surface area (Å²) in [7, 11) is 0. The number of hydrogen-bond donors (Lipinski definition) is 4. The fraction of sp³-hybridized carbons (Fsp3) is 0.500. The van der Waals surface area contributed by atoms with Gasteiger partial charge in [0, 0.05) is 18.1 Å². The summed E-state index contributed by atoms with van der Waals surface area (Å²) in [6.45, 7) is 0. The fourth-order valence-electron chi connectivity index (χ4n) is 2.12. The molecule has 0 fully saturated rings. The molecule has 6 nitrogen and oxygen atoms in total. The Morgan fingerprint density at radius 3 is 2.45 bits per heavy atom. The van der Waals surface area contributed by atoms with Gasteiger partial charge in [-0.1, -0.05) is 19.3 Å². The number of carboxylic acids is 1. The second-order valence-electron chi connectivity index (χ2n) is 4.81. The van der Waals surface area contributed by atoms with Crippen molar-refractivity contribution in [1.82, 2.24) is 0 Å². The number of hydrogen-bond acceptors (Lipinski definition) is 4. The van der Waals surface area contributed by atoms with Crippen molar-refractivity contribution in [1.29, 1.82) is 0 Å². The molecule has 4 N–H and O–H groups in total. The molecule has 0 spiro atoms. The maximum absolute atomic E-state index is 11.0. The monoisotopic (exact) mass is 283 g/mol. The van der Waals surface area contributed by atoms with Gasteiger partial charge in [0.1, 0.15) is 5.75 Å². The number of carboxylic acid groups (broad SMARTS) is 1. The third-order valence-corrected chi connectivity index (χ3v) is 3.16. The lowest BCUT2D eigenvalue weighted by Gasteiger charge is -2.15. The zero-order valence-corrected chi connectivity index (χ0v) is 11.3. The van der Waals surface area contributed by atoms with E-state index in [1.54, 1.807) is 0 Å². The van der Waals surface area contributed by atoms with Crippen LogP contribution >= 0.6 is 0 Å². The van der Waals surface area contributed by atoms with Gasteiger partial charge in [-0.25, -0.2) is 5.21 Å². The number of benzene rings is 1. The topological polar surface area (TPSA) is 105 Å². The zero-order chi connectivity index (χ0) is 15.0. The van der Waals surface area contributed by atoms with E-state index in [-0.39, 0.29) is 17.9 Å². The predicted octanol–water partition coefficient (Wildman–Crippen LogP) is 1.76. The van der Waals surface area contributed by atoms with Crippen molar-refractivity contribution in [3.05, 3.63) is 29.0 Å². The summed E-state index contributed by atoms with van der Waals surface area (Å²) >= 11 is 0. The van der Waals surface area contributed by atoms with Crippen molar-refractivity contribution in [3.8, 4) is 5.75 Å². The van der Waals surface area contributed by atoms with Crippen LogP contribution in [0.5, 0.6) is 5.75 Å². The van der Waals surface area contributed by atoms with Crippen LogP contribution in [-0.2, 0) is 11.2 Å². The van der Waals surface area contributed by atoms with Crippen molar-refractivity contribution in [2.24, 2.45) is 0 Å². The highest BCUT2D eigenvalue weighted by atomic mass is 16.8. The van der Waals surface area contributed by atoms with Crippen molar-refractivity contribution in [3.63, 3.8) is 0 Å². The van der Waals surface area contributed by atoms with E-state index in [1.807, 2.05) is 0 Å². The SMILES string of the molecule is O=C(O)CCCCCCCc1cc(O)ccc1[NH+]([O-])O. The van der Waals surface area contributed by atoms with E-state index in [0.717, 1.165) is 25.7 Å². The molecule has 1 unspecified atom stereocenters. The molecule has 0 radical (unpaired) electrons. The van der Waals surface area contributed by atoms with Gasteiger partial charge in [0.25, 0.3) is 0 Å². The van der Waals surface area contributed by atoms with Crippen molar-refractivity contribution in [2.75, 3.05) is 0 Å². The minimum absolute atomic E-state index is 0.0754. The summed E-state index contributed by atoms with van der Waals surface area (Å²) in [5.41, 5.74) is 0.872. The second kappa shape index (κ2) is 8.52. The first-order valence-electron chi connectivity index (χ1n) is 6.77. The third-order valence-electron chi connectivity index (χ3n) is 3.16. The van der Waals surface area contributed by atoms with Crippen LogP contribution in [0, 0.1) is 5.21 Å². The molecule has 112 valence electrons. The smallest absolute Gasteiger partial charge is 0.303 e. The molecule has 0 aliphatic heterocycles. The standard InChI is InChI=1S/C14H21NO5/c16-12-8-9-13(15(19)20)11(10-12)6-4-2-1-3-5-7-14(17)18/h8-10,15-16,19H,1-7H2,(H,17,18). The van der Waals surface area contributed by atoms with Crippen LogP contribution in [0.1, 0.15) is 44.1 Å². The van der Waals surface area contributed by atoms with E-state index in [4.69, 9.17) is 10.3 Å². The fourth-order valence-corrected chi connectivity index (χ4v) is 2.12. The Morgan fingerprint density at radius 1 is 1.15 bits per heavy atom. The van der Waals surface area contributed by atoms with Crippen LogP contribution in [0.2, 0.25) is 0 Å². The number of phenols is 1. The molecule has 0 aliphatic rings. The second-order valence-corrected chi connectivity index (χ2v) is 4.81.